The minimum Gasteiger partial charge on any atom is -0.388 e. The van der Waals surface area contributed by atoms with Crippen molar-refractivity contribution >= 4 is 27.0 Å². The van der Waals surface area contributed by atoms with E-state index >= 15 is 0 Å². The molecule has 2 aromatic rings. The monoisotopic (exact) mass is 424 g/mol. The van der Waals surface area contributed by atoms with Crippen LogP contribution >= 0.6 is 0 Å². The van der Waals surface area contributed by atoms with Crippen LogP contribution in [0.1, 0.15) is 49.2 Å². The maximum atomic E-state index is 12.7. The minimum atomic E-state index is -4.34. The van der Waals surface area contributed by atoms with E-state index in [1.807, 2.05) is 0 Å². The number of hydrogen-bond donors (Lipinski definition) is 2. The number of aromatic nitrogens is 3. The number of piperidine rings is 1. The summed E-state index contributed by atoms with van der Waals surface area (Å²) < 4.78 is 48.5. The molecule has 158 valence electrons. The Balaban J connectivity index is 1.56. The molecule has 0 unspecified atom stereocenters. The second-order valence-electron chi connectivity index (χ2n) is 8.10. The largest absolute Gasteiger partial charge is 0.388 e. The van der Waals surface area contributed by atoms with Gasteiger partial charge in [0, 0.05) is 40.9 Å². The lowest BCUT2D eigenvalue weighted by atomic mass is 10.00. The Morgan fingerprint density at radius 3 is 2.72 bits per heavy atom. The van der Waals surface area contributed by atoms with E-state index in [-0.39, 0.29) is 30.7 Å². The molecule has 4 rings (SSSR count). The van der Waals surface area contributed by atoms with Gasteiger partial charge in [0.25, 0.3) is 5.56 Å². The second-order valence-corrected chi connectivity index (χ2v) is 9.57. The van der Waals surface area contributed by atoms with Gasteiger partial charge in [-0.15, -0.1) is 0 Å². The number of sulfonamides is 1. The van der Waals surface area contributed by atoms with Crippen LogP contribution in [-0.4, -0.2) is 63.3 Å². The first-order valence-electron chi connectivity index (χ1n) is 11.3. The van der Waals surface area contributed by atoms with Gasteiger partial charge in [-0.2, -0.15) is 4.98 Å². The van der Waals surface area contributed by atoms with E-state index in [9.17, 15) is 18.3 Å². The highest BCUT2D eigenvalue weighted by Gasteiger charge is 2.39. The quantitative estimate of drug-likeness (QED) is 0.755. The van der Waals surface area contributed by atoms with Gasteiger partial charge >= 0.3 is 0 Å². The summed E-state index contributed by atoms with van der Waals surface area (Å²) in [5.74, 6) is 0.298. The van der Waals surface area contributed by atoms with Crippen LogP contribution in [0.4, 0.5) is 5.95 Å². The van der Waals surface area contributed by atoms with Crippen molar-refractivity contribution in [1.82, 2.24) is 18.8 Å². The highest BCUT2D eigenvalue weighted by molar-refractivity contribution is 7.88. The van der Waals surface area contributed by atoms with Gasteiger partial charge in [-0.05, 0) is 45.1 Å². The van der Waals surface area contributed by atoms with Crippen molar-refractivity contribution in [3.05, 3.63) is 28.7 Å². The van der Waals surface area contributed by atoms with E-state index in [2.05, 4.69) is 15.3 Å². The predicted molar refractivity (Wildman–Crippen MR) is 110 cm³/mol. The van der Waals surface area contributed by atoms with E-state index < -0.39 is 21.8 Å². The average Bonchev–Trinajstić information content (AvgIpc) is 3.06. The van der Waals surface area contributed by atoms with Gasteiger partial charge < -0.3 is 10.4 Å². The summed E-state index contributed by atoms with van der Waals surface area (Å²) in [5, 5.41) is 14.6. The van der Waals surface area contributed by atoms with Crippen LogP contribution in [0.15, 0.2) is 23.1 Å². The van der Waals surface area contributed by atoms with Crippen LogP contribution in [0.5, 0.6) is 0 Å². The van der Waals surface area contributed by atoms with E-state index in [1.54, 1.807) is 23.8 Å². The summed E-state index contributed by atoms with van der Waals surface area (Å²) in [6.07, 6.45) is 1.43. The molecule has 10 heteroatoms. The summed E-state index contributed by atoms with van der Waals surface area (Å²) in [6.45, 7) is 1.90. The lowest BCUT2D eigenvalue weighted by Gasteiger charge is -2.31. The van der Waals surface area contributed by atoms with Crippen molar-refractivity contribution < 1.29 is 17.6 Å². The van der Waals surface area contributed by atoms with Crippen molar-refractivity contribution in [2.75, 3.05) is 24.6 Å². The first-order valence-corrected chi connectivity index (χ1v) is 11.2. The van der Waals surface area contributed by atoms with Crippen LogP contribution in [0.3, 0.4) is 0 Å². The standard InChI is InChI=1S/C19H27N5O4S/c1-19(26)9-3-4-15(19)24-16(25)6-5-13-12-20-18(22-17(13)24)21-14-7-10-23(11-8-14)29(2,27)28/h5-6,12,14-15,26H,3-4,7-11H2,1-2H3,(H,20,21,22)/t15-,19-/m1/s1/i2D3. The first kappa shape index (κ1) is 16.7. The molecule has 29 heavy (non-hydrogen) atoms. The highest BCUT2D eigenvalue weighted by Crippen LogP contribution is 2.39. The van der Waals surface area contributed by atoms with Crippen LogP contribution in [0, 0.1) is 0 Å². The molecular weight excluding hydrogens is 394 g/mol. The number of rotatable bonds is 4. The Morgan fingerprint density at radius 1 is 1.31 bits per heavy atom. The fraction of sp³-hybridized carbons (Fsp3) is 0.632. The van der Waals surface area contributed by atoms with E-state index in [0.29, 0.717) is 42.7 Å². The summed E-state index contributed by atoms with van der Waals surface area (Å²) in [6, 6.07) is 2.58. The molecule has 2 atom stereocenters. The van der Waals surface area contributed by atoms with Gasteiger partial charge in [0.1, 0.15) is 5.65 Å². The molecule has 0 amide bonds. The number of nitrogens with one attached hydrogen (secondary N) is 1. The van der Waals surface area contributed by atoms with Crippen molar-refractivity contribution in [2.24, 2.45) is 0 Å². The molecule has 1 aliphatic carbocycles. The zero-order chi connectivity index (χ0) is 23.3. The van der Waals surface area contributed by atoms with Crippen molar-refractivity contribution in [3.8, 4) is 0 Å². The van der Waals surface area contributed by atoms with Gasteiger partial charge in [-0.3, -0.25) is 9.36 Å². The van der Waals surface area contributed by atoms with Gasteiger partial charge in [0.15, 0.2) is 0 Å². The topological polar surface area (TPSA) is 117 Å². The van der Waals surface area contributed by atoms with Gasteiger partial charge in [-0.25, -0.2) is 17.7 Å². The first-order chi connectivity index (χ1) is 14.9. The minimum absolute atomic E-state index is 0.0849. The maximum Gasteiger partial charge on any atom is 0.252 e. The van der Waals surface area contributed by atoms with Crippen LogP contribution in [-0.2, 0) is 10.0 Å². The molecule has 0 bridgehead atoms. The summed E-state index contributed by atoms with van der Waals surface area (Å²) in [7, 11) is -4.34. The Hall–Kier alpha value is -2.04. The molecule has 1 saturated heterocycles. The fourth-order valence-electron chi connectivity index (χ4n) is 4.37. The maximum absolute atomic E-state index is 12.7. The van der Waals surface area contributed by atoms with E-state index in [0.717, 1.165) is 10.7 Å². The molecule has 9 nitrogen and oxygen atoms in total. The van der Waals surface area contributed by atoms with Gasteiger partial charge in [-0.1, -0.05) is 0 Å². The molecule has 1 aliphatic heterocycles. The molecule has 2 fully saturated rings. The van der Waals surface area contributed by atoms with Crippen LogP contribution < -0.4 is 10.9 Å². The third kappa shape index (κ3) is 4.01. The molecule has 2 aromatic heterocycles. The van der Waals surface area contributed by atoms with Crippen LogP contribution in [0.25, 0.3) is 11.0 Å². The summed E-state index contributed by atoms with van der Waals surface area (Å²) >= 11 is 0. The number of fused-ring (bicyclic) bond motifs is 1. The molecule has 3 heterocycles. The number of anilines is 1. The SMILES string of the molecule is [2H]C([2H])([2H])S(=O)(=O)N1CCC(Nc2ncc3ccc(=O)n([C@@H]4CCC[C@@]4(C)O)c3n2)CC1. The predicted octanol–water partition coefficient (Wildman–Crippen LogP) is 1.10. The normalized spacial score (nSPS) is 28.8. The molecule has 2 N–H and O–H groups in total. The third-order valence-corrected chi connectivity index (χ3v) is 7.03. The molecular formula is C19H27N5O4S. The van der Waals surface area contributed by atoms with Gasteiger partial charge in [0.2, 0.25) is 16.0 Å². The van der Waals surface area contributed by atoms with Crippen molar-refractivity contribution in [2.45, 2.75) is 56.7 Å². The molecule has 2 aliphatic rings. The number of nitrogens with zero attached hydrogens (tertiary/aromatic N) is 4. The Morgan fingerprint density at radius 2 is 2.07 bits per heavy atom. The van der Waals surface area contributed by atoms with E-state index in [1.165, 1.54) is 6.07 Å². The third-order valence-electron chi connectivity index (χ3n) is 5.98. The number of aliphatic hydroxyl groups is 1. The van der Waals surface area contributed by atoms with E-state index in [4.69, 9.17) is 4.11 Å². The van der Waals surface area contributed by atoms with Crippen molar-refractivity contribution in [1.29, 1.82) is 0 Å². The zero-order valence-corrected chi connectivity index (χ0v) is 17.0. The Labute approximate surface area is 174 Å². The van der Waals surface area contributed by atoms with Crippen LogP contribution in [0.2, 0.25) is 0 Å². The second kappa shape index (κ2) is 7.33. The summed E-state index contributed by atoms with van der Waals surface area (Å²) in [5.41, 5.74) is -0.806. The number of hydrogen-bond acceptors (Lipinski definition) is 7. The summed E-state index contributed by atoms with van der Waals surface area (Å²) in [4.78, 5) is 21.6. The highest BCUT2D eigenvalue weighted by atomic mass is 32.2. The Kier molecular flexibility index (Phi) is 4.23. The number of pyridine rings is 1. The lowest BCUT2D eigenvalue weighted by molar-refractivity contribution is 0.0267. The average molecular weight is 425 g/mol. The lowest BCUT2D eigenvalue weighted by Crippen LogP contribution is -2.42. The molecule has 0 spiro atoms. The fourth-order valence-corrected chi connectivity index (χ4v) is 5.06. The molecule has 0 aromatic carbocycles. The molecule has 1 saturated carbocycles. The smallest absolute Gasteiger partial charge is 0.252 e. The Bertz CT molecular complexity index is 1170. The van der Waals surface area contributed by atoms with Crippen molar-refractivity contribution in [3.63, 3.8) is 0 Å². The molecule has 0 radical (unpaired) electrons. The zero-order valence-electron chi connectivity index (χ0n) is 19.2. The van der Waals surface area contributed by atoms with Gasteiger partial charge in [0.05, 0.1) is 17.8 Å².